The SMILES string of the molecule is CCC1Cc2ccccc2CN1Cc1ccccc1O. The normalized spacial score (nSPS) is 18.8. The number of nitrogens with zero attached hydrogens (tertiary/aromatic N) is 1. The molecular weight excluding hydrogens is 246 g/mol. The quantitative estimate of drug-likeness (QED) is 0.916. The van der Waals surface area contributed by atoms with Gasteiger partial charge < -0.3 is 5.11 Å². The molecule has 1 aliphatic heterocycles. The van der Waals surface area contributed by atoms with Gasteiger partial charge in [0, 0.05) is 24.7 Å². The molecule has 2 heteroatoms. The van der Waals surface area contributed by atoms with E-state index in [0.717, 1.165) is 31.5 Å². The van der Waals surface area contributed by atoms with Crippen LogP contribution in [0.4, 0.5) is 0 Å². The first-order chi connectivity index (χ1) is 9.78. The number of benzene rings is 2. The van der Waals surface area contributed by atoms with E-state index in [4.69, 9.17) is 0 Å². The highest BCUT2D eigenvalue weighted by Crippen LogP contribution is 2.28. The van der Waals surface area contributed by atoms with Crippen LogP contribution in [0.25, 0.3) is 0 Å². The molecule has 2 nitrogen and oxygen atoms in total. The van der Waals surface area contributed by atoms with Crippen molar-refractivity contribution < 1.29 is 5.11 Å². The summed E-state index contributed by atoms with van der Waals surface area (Å²) in [5.74, 6) is 0.404. The van der Waals surface area contributed by atoms with Crippen LogP contribution in [-0.2, 0) is 19.5 Å². The summed E-state index contributed by atoms with van der Waals surface area (Å²) in [6, 6.07) is 16.9. The zero-order valence-corrected chi connectivity index (χ0v) is 11.9. The number of para-hydroxylation sites is 1. The molecule has 0 amide bonds. The van der Waals surface area contributed by atoms with Gasteiger partial charge in [-0.3, -0.25) is 4.90 Å². The number of phenols is 1. The molecule has 0 saturated heterocycles. The minimum Gasteiger partial charge on any atom is -0.508 e. The molecule has 0 spiro atoms. The Hall–Kier alpha value is -1.80. The van der Waals surface area contributed by atoms with Crippen LogP contribution in [0.1, 0.15) is 30.0 Å². The summed E-state index contributed by atoms with van der Waals surface area (Å²) in [5, 5.41) is 9.97. The van der Waals surface area contributed by atoms with Crippen LogP contribution < -0.4 is 0 Å². The maximum atomic E-state index is 9.97. The van der Waals surface area contributed by atoms with Crippen LogP contribution in [0.3, 0.4) is 0 Å². The third kappa shape index (κ3) is 2.56. The molecule has 1 heterocycles. The van der Waals surface area contributed by atoms with Gasteiger partial charge >= 0.3 is 0 Å². The van der Waals surface area contributed by atoms with Crippen molar-refractivity contribution >= 4 is 0 Å². The lowest BCUT2D eigenvalue weighted by atomic mass is 9.92. The third-order valence-corrected chi connectivity index (χ3v) is 4.30. The second-order valence-corrected chi connectivity index (χ2v) is 5.57. The first-order valence-corrected chi connectivity index (χ1v) is 7.35. The van der Waals surface area contributed by atoms with Crippen molar-refractivity contribution in [2.24, 2.45) is 0 Å². The first kappa shape index (κ1) is 13.2. The van der Waals surface area contributed by atoms with Crippen molar-refractivity contribution in [3.63, 3.8) is 0 Å². The van der Waals surface area contributed by atoms with Crippen molar-refractivity contribution in [2.75, 3.05) is 0 Å². The van der Waals surface area contributed by atoms with E-state index in [-0.39, 0.29) is 0 Å². The Kier molecular flexibility index (Phi) is 3.75. The van der Waals surface area contributed by atoms with Gasteiger partial charge in [-0.25, -0.2) is 0 Å². The molecule has 104 valence electrons. The van der Waals surface area contributed by atoms with Gasteiger partial charge in [-0.15, -0.1) is 0 Å². The zero-order valence-electron chi connectivity index (χ0n) is 11.9. The monoisotopic (exact) mass is 267 g/mol. The fraction of sp³-hybridized carbons (Fsp3) is 0.333. The van der Waals surface area contributed by atoms with Crippen LogP contribution >= 0.6 is 0 Å². The summed E-state index contributed by atoms with van der Waals surface area (Å²) in [4.78, 5) is 2.48. The Morgan fingerprint density at radius 3 is 2.50 bits per heavy atom. The van der Waals surface area contributed by atoms with Gasteiger partial charge in [0.05, 0.1) is 0 Å². The summed E-state index contributed by atoms with van der Waals surface area (Å²) in [6.45, 7) is 4.04. The van der Waals surface area contributed by atoms with Crippen molar-refractivity contribution in [2.45, 2.75) is 38.9 Å². The summed E-state index contributed by atoms with van der Waals surface area (Å²) in [7, 11) is 0. The highest BCUT2D eigenvalue weighted by Gasteiger charge is 2.24. The Morgan fingerprint density at radius 2 is 1.75 bits per heavy atom. The Bertz CT molecular complexity index is 593. The van der Waals surface area contributed by atoms with E-state index >= 15 is 0 Å². The fourth-order valence-electron chi connectivity index (χ4n) is 3.09. The van der Waals surface area contributed by atoms with Crippen LogP contribution in [0.5, 0.6) is 5.75 Å². The molecule has 0 fully saturated rings. The number of rotatable bonds is 3. The van der Waals surface area contributed by atoms with E-state index in [9.17, 15) is 5.11 Å². The summed E-state index contributed by atoms with van der Waals surface area (Å²) in [5.41, 5.74) is 3.92. The van der Waals surface area contributed by atoms with Gasteiger partial charge in [0.25, 0.3) is 0 Å². The molecule has 1 atom stereocenters. The van der Waals surface area contributed by atoms with E-state index in [1.165, 1.54) is 11.1 Å². The van der Waals surface area contributed by atoms with E-state index in [1.807, 2.05) is 18.2 Å². The van der Waals surface area contributed by atoms with Crippen LogP contribution in [0.15, 0.2) is 48.5 Å². The first-order valence-electron chi connectivity index (χ1n) is 7.35. The molecule has 0 aromatic heterocycles. The van der Waals surface area contributed by atoms with Crippen LogP contribution in [-0.4, -0.2) is 16.0 Å². The van der Waals surface area contributed by atoms with Crippen LogP contribution in [0, 0.1) is 0 Å². The van der Waals surface area contributed by atoms with Gasteiger partial charge in [0.2, 0.25) is 0 Å². The van der Waals surface area contributed by atoms with Gasteiger partial charge in [-0.1, -0.05) is 49.4 Å². The summed E-state index contributed by atoms with van der Waals surface area (Å²) >= 11 is 0. The van der Waals surface area contributed by atoms with Gasteiger partial charge in [0.15, 0.2) is 0 Å². The minimum atomic E-state index is 0.404. The average molecular weight is 267 g/mol. The largest absolute Gasteiger partial charge is 0.508 e. The maximum absolute atomic E-state index is 9.97. The molecule has 20 heavy (non-hydrogen) atoms. The fourth-order valence-corrected chi connectivity index (χ4v) is 3.09. The molecule has 0 bridgehead atoms. The lowest BCUT2D eigenvalue weighted by Crippen LogP contribution is -2.39. The molecular formula is C18H21NO. The molecule has 2 aromatic rings. The smallest absolute Gasteiger partial charge is 0.120 e. The predicted octanol–water partition coefficient (Wildman–Crippen LogP) is 3.73. The number of hydrogen-bond acceptors (Lipinski definition) is 2. The summed E-state index contributed by atoms with van der Waals surface area (Å²) < 4.78 is 0. The maximum Gasteiger partial charge on any atom is 0.120 e. The highest BCUT2D eigenvalue weighted by molar-refractivity contribution is 5.33. The summed E-state index contributed by atoms with van der Waals surface area (Å²) in [6.07, 6.45) is 2.25. The van der Waals surface area contributed by atoms with Gasteiger partial charge in [0.1, 0.15) is 5.75 Å². The van der Waals surface area contributed by atoms with Crippen molar-refractivity contribution in [1.82, 2.24) is 4.90 Å². The van der Waals surface area contributed by atoms with Gasteiger partial charge in [-0.2, -0.15) is 0 Å². The van der Waals surface area contributed by atoms with E-state index < -0.39 is 0 Å². The number of fused-ring (bicyclic) bond motifs is 1. The Balaban J connectivity index is 1.84. The average Bonchev–Trinajstić information content (AvgIpc) is 2.49. The lowest BCUT2D eigenvalue weighted by Gasteiger charge is -2.36. The third-order valence-electron chi connectivity index (χ3n) is 4.30. The zero-order chi connectivity index (χ0) is 13.9. The number of hydrogen-bond donors (Lipinski definition) is 1. The molecule has 3 rings (SSSR count). The molecule has 0 saturated carbocycles. The van der Waals surface area contributed by atoms with Crippen molar-refractivity contribution in [3.05, 3.63) is 65.2 Å². The van der Waals surface area contributed by atoms with Crippen LogP contribution in [0.2, 0.25) is 0 Å². The molecule has 1 N–H and O–H groups in total. The Morgan fingerprint density at radius 1 is 1.05 bits per heavy atom. The second-order valence-electron chi connectivity index (χ2n) is 5.57. The van der Waals surface area contributed by atoms with E-state index in [1.54, 1.807) is 6.07 Å². The van der Waals surface area contributed by atoms with Gasteiger partial charge in [-0.05, 0) is 30.0 Å². The lowest BCUT2D eigenvalue weighted by molar-refractivity contribution is 0.156. The minimum absolute atomic E-state index is 0.404. The topological polar surface area (TPSA) is 23.5 Å². The predicted molar refractivity (Wildman–Crippen MR) is 81.6 cm³/mol. The molecule has 2 aromatic carbocycles. The Labute approximate surface area is 120 Å². The number of aromatic hydroxyl groups is 1. The van der Waals surface area contributed by atoms with Crippen molar-refractivity contribution in [1.29, 1.82) is 0 Å². The highest BCUT2D eigenvalue weighted by atomic mass is 16.3. The number of phenolic OH excluding ortho intramolecular Hbond substituents is 1. The standard InChI is InChI=1S/C18H21NO/c1-2-17-11-14-7-3-4-8-15(14)12-19(17)13-16-9-5-6-10-18(16)20/h3-10,17,20H,2,11-13H2,1H3. The van der Waals surface area contributed by atoms with E-state index in [0.29, 0.717) is 11.8 Å². The molecule has 0 aliphatic carbocycles. The molecule has 0 radical (unpaired) electrons. The van der Waals surface area contributed by atoms with Crippen molar-refractivity contribution in [3.8, 4) is 5.75 Å². The second kappa shape index (κ2) is 5.68. The molecule has 1 aliphatic rings. The molecule has 1 unspecified atom stereocenters. The van der Waals surface area contributed by atoms with E-state index in [2.05, 4.69) is 36.1 Å².